The fourth-order valence-corrected chi connectivity index (χ4v) is 2.04. The molecular formula is C14H14N12O4. The van der Waals surface area contributed by atoms with E-state index in [1.807, 2.05) is 0 Å². The van der Waals surface area contributed by atoms with Crippen LogP contribution >= 0.6 is 0 Å². The summed E-state index contributed by atoms with van der Waals surface area (Å²) in [5.41, 5.74) is 33.3. The van der Waals surface area contributed by atoms with Crippen LogP contribution < -0.4 is 0 Å². The van der Waals surface area contributed by atoms with E-state index in [0.29, 0.717) is 0 Å². The average molecular weight is 414 g/mol. The summed E-state index contributed by atoms with van der Waals surface area (Å²) in [5.74, 6) is -1.90. The molecule has 0 heterocycles. The van der Waals surface area contributed by atoms with Gasteiger partial charge in [0.1, 0.15) is 12.2 Å². The Morgan fingerprint density at radius 3 is 1.27 bits per heavy atom. The van der Waals surface area contributed by atoms with E-state index in [2.05, 4.69) is 40.1 Å². The molecule has 0 fully saturated rings. The van der Waals surface area contributed by atoms with Gasteiger partial charge in [-0.05, 0) is 34.3 Å². The summed E-state index contributed by atoms with van der Waals surface area (Å²) in [4.78, 5) is 35.2. The summed E-state index contributed by atoms with van der Waals surface area (Å²) in [6.45, 7) is -1.13. The second-order valence-corrected chi connectivity index (χ2v) is 5.25. The van der Waals surface area contributed by atoms with E-state index < -0.39 is 24.1 Å². The third-order valence-corrected chi connectivity index (χ3v) is 3.31. The fourth-order valence-electron chi connectivity index (χ4n) is 2.04. The molecule has 1 aromatic rings. The Labute approximate surface area is 167 Å². The lowest BCUT2D eigenvalue weighted by atomic mass is 10.1. The maximum Gasteiger partial charge on any atom is 0.339 e. The maximum absolute atomic E-state index is 12.5. The first-order valence-electron chi connectivity index (χ1n) is 8.11. The second-order valence-electron chi connectivity index (χ2n) is 5.25. The molecule has 0 saturated heterocycles. The number of rotatable bonds is 12. The van der Waals surface area contributed by atoms with E-state index in [9.17, 15) is 9.59 Å². The highest BCUT2D eigenvalue weighted by molar-refractivity contribution is 6.03. The second kappa shape index (κ2) is 13.6. The standard InChI is InChI=1S/C14H14N12O4/c15-23-19-5-9(6-20-24-16)29-13(27)11-3-1-2-4-12(11)14(28)30-10(7-21-25-17)8-22-26-18/h1-4,9-10H,5-8H2. The summed E-state index contributed by atoms with van der Waals surface area (Å²) in [5, 5.41) is 13.1. The van der Waals surface area contributed by atoms with Crippen LogP contribution in [-0.2, 0) is 9.47 Å². The minimum absolute atomic E-state index is 0.166. The minimum Gasteiger partial charge on any atom is -0.458 e. The van der Waals surface area contributed by atoms with Crippen LogP contribution in [0.1, 0.15) is 20.7 Å². The number of carbonyl (C=O) groups is 2. The van der Waals surface area contributed by atoms with Crippen molar-refractivity contribution in [2.75, 3.05) is 26.2 Å². The van der Waals surface area contributed by atoms with Crippen molar-refractivity contribution in [2.24, 2.45) is 20.5 Å². The van der Waals surface area contributed by atoms with Crippen molar-refractivity contribution in [1.82, 2.24) is 0 Å². The normalized spacial score (nSPS) is 11.2. The molecule has 1 rings (SSSR count). The Hall–Kier alpha value is -4.60. The molecule has 0 aromatic heterocycles. The topological polar surface area (TPSA) is 248 Å². The van der Waals surface area contributed by atoms with Gasteiger partial charge in [0.15, 0.2) is 0 Å². The van der Waals surface area contributed by atoms with Crippen LogP contribution in [0, 0.1) is 0 Å². The zero-order valence-electron chi connectivity index (χ0n) is 15.3. The lowest BCUT2D eigenvalue weighted by molar-refractivity contribution is 0.0290. The molecule has 16 heteroatoms. The smallest absolute Gasteiger partial charge is 0.339 e. The molecule has 0 atom stereocenters. The van der Waals surface area contributed by atoms with Crippen LogP contribution in [0.3, 0.4) is 0 Å². The molecule has 0 bridgehead atoms. The minimum atomic E-state index is -1.05. The molecule has 0 spiro atoms. The number of hydrogen-bond donors (Lipinski definition) is 0. The van der Waals surface area contributed by atoms with Gasteiger partial charge in [0.05, 0.1) is 37.3 Å². The molecule has 30 heavy (non-hydrogen) atoms. The van der Waals surface area contributed by atoms with E-state index in [0.717, 1.165) is 0 Å². The molecule has 0 aliphatic carbocycles. The summed E-state index contributed by atoms with van der Waals surface area (Å²) < 4.78 is 10.3. The van der Waals surface area contributed by atoms with Crippen molar-refractivity contribution >= 4 is 11.9 Å². The molecule has 16 nitrogen and oxygen atoms in total. The van der Waals surface area contributed by atoms with Crippen molar-refractivity contribution in [3.8, 4) is 0 Å². The van der Waals surface area contributed by atoms with E-state index in [1.165, 1.54) is 24.3 Å². The van der Waals surface area contributed by atoms with E-state index in [1.54, 1.807) is 0 Å². The highest BCUT2D eigenvalue weighted by atomic mass is 16.6. The van der Waals surface area contributed by atoms with Crippen molar-refractivity contribution in [3.05, 3.63) is 77.2 Å². The van der Waals surface area contributed by atoms with Crippen LogP contribution in [0.5, 0.6) is 0 Å². The van der Waals surface area contributed by atoms with E-state index in [4.69, 9.17) is 31.6 Å². The molecule has 0 saturated carbocycles. The number of ether oxygens (including phenoxy) is 2. The van der Waals surface area contributed by atoms with Crippen molar-refractivity contribution in [2.45, 2.75) is 12.2 Å². The van der Waals surface area contributed by atoms with Gasteiger partial charge in [-0.2, -0.15) is 0 Å². The Morgan fingerprint density at radius 1 is 0.700 bits per heavy atom. The van der Waals surface area contributed by atoms with Crippen molar-refractivity contribution < 1.29 is 19.1 Å². The highest BCUT2D eigenvalue weighted by Gasteiger charge is 2.23. The maximum atomic E-state index is 12.5. The molecule has 0 N–H and O–H groups in total. The fraction of sp³-hybridized carbons (Fsp3) is 0.429. The summed E-state index contributed by atoms with van der Waals surface area (Å²) in [6.07, 6.45) is -2.09. The van der Waals surface area contributed by atoms with Crippen LogP contribution in [-0.4, -0.2) is 50.3 Å². The van der Waals surface area contributed by atoms with E-state index in [-0.39, 0.29) is 37.3 Å². The number of benzene rings is 1. The Kier molecular flexibility index (Phi) is 10.6. The zero-order chi connectivity index (χ0) is 22.2. The summed E-state index contributed by atoms with van der Waals surface area (Å²) in [6, 6.07) is 5.54. The lowest BCUT2D eigenvalue weighted by Gasteiger charge is -2.17. The van der Waals surface area contributed by atoms with Gasteiger partial charge in [0, 0.05) is 19.6 Å². The third kappa shape index (κ3) is 7.96. The van der Waals surface area contributed by atoms with Crippen LogP contribution in [0.25, 0.3) is 41.8 Å². The van der Waals surface area contributed by atoms with Crippen LogP contribution in [0.15, 0.2) is 44.7 Å². The average Bonchev–Trinajstić information content (AvgIpc) is 2.77. The van der Waals surface area contributed by atoms with Gasteiger partial charge >= 0.3 is 11.9 Å². The van der Waals surface area contributed by atoms with Crippen molar-refractivity contribution in [1.29, 1.82) is 0 Å². The number of azide groups is 4. The monoisotopic (exact) mass is 414 g/mol. The van der Waals surface area contributed by atoms with Crippen LogP contribution in [0.4, 0.5) is 0 Å². The Bertz CT molecular complexity index is 838. The number of esters is 2. The van der Waals surface area contributed by atoms with Gasteiger partial charge in [-0.25, -0.2) is 9.59 Å². The Balaban J connectivity index is 3.05. The zero-order valence-corrected chi connectivity index (χ0v) is 15.3. The lowest BCUT2D eigenvalue weighted by Crippen LogP contribution is -2.27. The molecule has 0 radical (unpaired) electrons. The first kappa shape index (κ1) is 23.4. The van der Waals surface area contributed by atoms with Gasteiger partial charge in [0.25, 0.3) is 0 Å². The van der Waals surface area contributed by atoms with Gasteiger partial charge < -0.3 is 9.47 Å². The molecule has 1 aromatic carbocycles. The van der Waals surface area contributed by atoms with Crippen molar-refractivity contribution in [3.63, 3.8) is 0 Å². The molecule has 0 aliphatic rings. The molecule has 0 aliphatic heterocycles. The number of hydrogen-bond acceptors (Lipinski definition) is 8. The summed E-state index contributed by atoms with van der Waals surface area (Å²) >= 11 is 0. The van der Waals surface area contributed by atoms with Crippen LogP contribution in [0.2, 0.25) is 0 Å². The number of carbonyl (C=O) groups excluding carboxylic acids is 2. The SMILES string of the molecule is [N-]=[N+]=NCC(CN=[N+]=[N-])OC(=O)c1ccccc1C(=O)OC(CN=[N+]=[N-])CN=[N+]=[N-]. The van der Waals surface area contributed by atoms with Gasteiger partial charge in [-0.3, -0.25) is 0 Å². The largest absolute Gasteiger partial charge is 0.458 e. The molecular weight excluding hydrogens is 400 g/mol. The molecule has 0 unspecified atom stereocenters. The quantitative estimate of drug-likeness (QED) is 0.213. The first-order chi connectivity index (χ1) is 14.6. The third-order valence-electron chi connectivity index (χ3n) is 3.31. The van der Waals surface area contributed by atoms with Gasteiger partial charge in [-0.15, -0.1) is 0 Å². The van der Waals surface area contributed by atoms with Gasteiger partial charge in [0.2, 0.25) is 0 Å². The molecule has 0 amide bonds. The predicted octanol–water partition coefficient (Wildman–Crippen LogP) is 3.98. The van der Waals surface area contributed by atoms with E-state index >= 15 is 0 Å². The first-order valence-corrected chi connectivity index (χ1v) is 8.11. The van der Waals surface area contributed by atoms with Gasteiger partial charge in [-0.1, -0.05) is 32.6 Å². The summed E-state index contributed by atoms with van der Waals surface area (Å²) in [7, 11) is 0. The molecule has 154 valence electrons. The predicted molar refractivity (Wildman–Crippen MR) is 101 cm³/mol. The number of nitrogens with zero attached hydrogens (tertiary/aromatic N) is 12. The Morgan fingerprint density at radius 2 is 1.00 bits per heavy atom. The highest BCUT2D eigenvalue weighted by Crippen LogP contribution is 2.15.